The maximum atomic E-state index is 14.0. The Balaban J connectivity index is 1.68. The third kappa shape index (κ3) is 7.18. The lowest BCUT2D eigenvalue weighted by atomic mass is 9.95. The molecule has 1 saturated carbocycles. The number of nitrogens with zero attached hydrogens (tertiary/aromatic N) is 2. The Morgan fingerprint density at radius 1 is 0.974 bits per heavy atom. The molecule has 2 amide bonds. The number of amides is 2. The van der Waals surface area contributed by atoms with Crippen molar-refractivity contribution >= 4 is 38.3 Å². The number of rotatable bonds is 10. The Morgan fingerprint density at radius 3 is 2.36 bits per heavy atom. The van der Waals surface area contributed by atoms with Gasteiger partial charge in [-0.2, -0.15) is 0 Å². The highest BCUT2D eigenvalue weighted by Gasteiger charge is 2.33. The molecule has 1 N–H and O–H groups in total. The summed E-state index contributed by atoms with van der Waals surface area (Å²) in [5.74, 6) is -0.595. The summed E-state index contributed by atoms with van der Waals surface area (Å²) in [6.07, 6.45) is 6.76. The Bertz CT molecular complexity index is 1410. The van der Waals surface area contributed by atoms with Gasteiger partial charge >= 0.3 is 0 Å². The molecule has 1 aliphatic rings. The van der Waals surface area contributed by atoms with Crippen molar-refractivity contribution in [3.05, 3.63) is 77.9 Å². The Kier molecular flexibility index (Phi) is 9.28. The zero-order valence-corrected chi connectivity index (χ0v) is 23.9. The molecule has 4 rings (SSSR count). The van der Waals surface area contributed by atoms with E-state index in [0.717, 1.165) is 58.1 Å². The molecule has 0 heterocycles. The van der Waals surface area contributed by atoms with Crippen molar-refractivity contribution in [2.45, 2.75) is 71.0 Å². The molecule has 39 heavy (non-hydrogen) atoms. The normalized spacial score (nSPS) is 15.1. The standard InChI is InChI=1S/C31H39N3O4S/c1-4-28(31(36)32-26-16-6-5-7-17-26)33(21-24-13-10-12-23(2)20-24)30(35)22-34(39(3,37)38)29-19-11-15-25-14-8-9-18-27(25)29/h8-15,18-20,26,28H,4-7,16-17,21-22H2,1-3H3,(H,32,36)/t28-/m0/s1. The van der Waals surface area contributed by atoms with Crippen molar-refractivity contribution < 1.29 is 18.0 Å². The number of hydrogen-bond acceptors (Lipinski definition) is 4. The van der Waals surface area contributed by atoms with E-state index in [4.69, 9.17) is 0 Å². The largest absolute Gasteiger partial charge is 0.352 e. The number of carbonyl (C=O) groups excluding carboxylic acids is 2. The van der Waals surface area contributed by atoms with Gasteiger partial charge in [0.2, 0.25) is 21.8 Å². The van der Waals surface area contributed by atoms with Crippen LogP contribution in [0.5, 0.6) is 0 Å². The molecule has 0 saturated heterocycles. The van der Waals surface area contributed by atoms with Crippen LogP contribution in [0, 0.1) is 6.92 Å². The first-order valence-electron chi connectivity index (χ1n) is 13.8. The minimum atomic E-state index is -3.81. The van der Waals surface area contributed by atoms with E-state index < -0.39 is 28.5 Å². The number of benzene rings is 3. The predicted octanol–water partition coefficient (Wildman–Crippen LogP) is 5.17. The van der Waals surface area contributed by atoms with Gasteiger partial charge in [-0.05, 0) is 43.2 Å². The zero-order chi connectivity index (χ0) is 28.0. The minimum Gasteiger partial charge on any atom is -0.352 e. The average molecular weight is 550 g/mol. The van der Waals surface area contributed by atoms with Crippen molar-refractivity contribution in [2.75, 3.05) is 17.1 Å². The molecule has 0 unspecified atom stereocenters. The summed E-state index contributed by atoms with van der Waals surface area (Å²) >= 11 is 0. The fraction of sp³-hybridized carbons (Fsp3) is 0.419. The number of fused-ring (bicyclic) bond motifs is 1. The monoisotopic (exact) mass is 549 g/mol. The number of anilines is 1. The molecule has 1 aliphatic carbocycles. The van der Waals surface area contributed by atoms with Crippen molar-refractivity contribution in [1.29, 1.82) is 0 Å². The Morgan fingerprint density at radius 2 is 1.67 bits per heavy atom. The highest BCUT2D eigenvalue weighted by atomic mass is 32.2. The van der Waals surface area contributed by atoms with Crippen LogP contribution < -0.4 is 9.62 Å². The quantitative estimate of drug-likeness (QED) is 0.378. The van der Waals surface area contributed by atoms with E-state index in [0.29, 0.717) is 12.1 Å². The first kappa shape index (κ1) is 28.6. The second-order valence-electron chi connectivity index (χ2n) is 10.5. The van der Waals surface area contributed by atoms with Crippen LogP contribution >= 0.6 is 0 Å². The van der Waals surface area contributed by atoms with E-state index in [1.165, 1.54) is 6.42 Å². The zero-order valence-electron chi connectivity index (χ0n) is 23.1. The fourth-order valence-corrected chi connectivity index (χ4v) is 6.35. The van der Waals surface area contributed by atoms with Crippen LogP contribution in [-0.2, 0) is 26.2 Å². The minimum absolute atomic E-state index is 0.111. The van der Waals surface area contributed by atoms with Gasteiger partial charge in [-0.3, -0.25) is 13.9 Å². The predicted molar refractivity (Wildman–Crippen MR) is 157 cm³/mol. The first-order valence-corrected chi connectivity index (χ1v) is 15.6. The maximum absolute atomic E-state index is 14.0. The lowest BCUT2D eigenvalue weighted by molar-refractivity contribution is -0.140. The first-order chi connectivity index (χ1) is 18.7. The molecule has 208 valence electrons. The molecule has 8 heteroatoms. The smallest absolute Gasteiger partial charge is 0.244 e. The number of sulfonamides is 1. The van der Waals surface area contributed by atoms with E-state index in [1.807, 2.05) is 68.4 Å². The van der Waals surface area contributed by atoms with E-state index >= 15 is 0 Å². The molecule has 3 aromatic rings. The van der Waals surface area contributed by atoms with Crippen molar-refractivity contribution in [2.24, 2.45) is 0 Å². The summed E-state index contributed by atoms with van der Waals surface area (Å²) in [6.45, 7) is 3.69. The Hall–Kier alpha value is -3.39. The van der Waals surface area contributed by atoms with Gasteiger partial charge in [-0.1, -0.05) is 92.4 Å². The molecule has 0 aromatic heterocycles. The van der Waals surface area contributed by atoms with Crippen LogP contribution in [0.1, 0.15) is 56.6 Å². The molecular formula is C31H39N3O4S. The molecule has 3 aromatic carbocycles. The van der Waals surface area contributed by atoms with Crippen LogP contribution in [0.3, 0.4) is 0 Å². The van der Waals surface area contributed by atoms with Gasteiger partial charge in [0, 0.05) is 18.0 Å². The van der Waals surface area contributed by atoms with Crippen molar-refractivity contribution in [3.8, 4) is 0 Å². The van der Waals surface area contributed by atoms with Crippen LogP contribution in [0.4, 0.5) is 5.69 Å². The maximum Gasteiger partial charge on any atom is 0.244 e. The summed E-state index contributed by atoms with van der Waals surface area (Å²) in [5.41, 5.74) is 2.38. The summed E-state index contributed by atoms with van der Waals surface area (Å²) in [5, 5.41) is 4.80. The third-order valence-electron chi connectivity index (χ3n) is 7.49. The van der Waals surface area contributed by atoms with Crippen molar-refractivity contribution in [1.82, 2.24) is 10.2 Å². The van der Waals surface area contributed by atoms with Gasteiger partial charge in [0.05, 0.1) is 11.9 Å². The van der Waals surface area contributed by atoms with E-state index in [9.17, 15) is 18.0 Å². The number of carbonyl (C=O) groups is 2. The molecule has 7 nitrogen and oxygen atoms in total. The average Bonchev–Trinajstić information content (AvgIpc) is 2.91. The van der Waals surface area contributed by atoms with Crippen LogP contribution in [-0.4, -0.2) is 50.0 Å². The number of nitrogens with one attached hydrogen (secondary N) is 1. The van der Waals surface area contributed by atoms with Gasteiger partial charge in [0.1, 0.15) is 12.6 Å². The van der Waals surface area contributed by atoms with Gasteiger partial charge in [0.25, 0.3) is 0 Å². The topological polar surface area (TPSA) is 86.8 Å². The van der Waals surface area contributed by atoms with Gasteiger partial charge in [-0.15, -0.1) is 0 Å². The summed E-state index contributed by atoms with van der Waals surface area (Å²) in [7, 11) is -3.81. The van der Waals surface area contributed by atoms with Gasteiger partial charge in [0.15, 0.2) is 0 Å². The number of hydrogen-bond donors (Lipinski definition) is 1. The SMILES string of the molecule is CC[C@@H](C(=O)NC1CCCCC1)N(Cc1cccc(C)c1)C(=O)CN(c1cccc2ccccc12)S(C)(=O)=O. The third-order valence-corrected chi connectivity index (χ3v) is 8.61. The van der Waals surface area contributed by atoms with Gasteiger partial charge < -0.3 is 10.2 Å². The molecule has 0 spiro atoms. The summed E-state index contributed by atoms with van der Waals surface area (Å²) in [4.78, 5) is 29.1. The molecule has 0 radical (unpaired) electrons. The van der Waals surface area contributed by atoms with E-state index in [-0.39, 0.29) is 18.5 Å². The van der Waals surface area contributed by atoms with Crippen molar-refractivity contribution in [3.63, 3.8) is 0 Å². The Labute approximate surface area is 232 Å². The molecule has 1 atom stereocenters. The highest BCUT2D eigenvalue weighted by molar-refractivity contribution is 7.92. The van der Waals surface area contributed by atoms with Crippen LogP contribution in [0.25, 0.3) is 10.8 Å². The van der Waals surface area contributed by atoms with E-state index in [2.05, 4.69) is 5.32 Å². The molecule has 0 bridgehead atoms. The van der Waals surface area contributed by atoms with Crippen LogP contribution in [0.15, 0.2) is 66.7 Å². The molecular weight excluding hydrogens is 510 g/mol. The second kappa shape index (κ2) is 12.6. The van der Waals surface area contributed by atoms with E-state index in [1.54, 1.807) is 17.0 Å². The lowest BCUT2D eigenvalue weighted by Crippen LogP contribution is -2.54. The molecule has 0 aliphatic heterocycles. The highest BCUT2D eigenvalue weighted by Crippen LogP contribution is 2.29. The van der Waals surface area contributed by atoms with Crippen LogP contribution in [0.2, 0.25) is 0 Å². The molecule has 1 fully saturated rings. The fourth-order valence-electron chi connectivity index (χ4n) is 5.49. The second-order valence-corrected chi connectivity index (χ2v) is 12.5. The number of aryl methyl sites for hydroxylation is 1. The lowest BCUT2D eigenvalue weighted by Gasteiger charge is -2.34. The summed E-state index contributed by atoms with van der Waals surface area (Å²) < 4.78 is 27.3. The summed E-state index contributed by atoms with van der Waals surface area (Å²) in [6, 6.07) is 20.1. The van der Waals surface area contributed by atoms with Gasteiger partial charge in [-0.25, -0.2) is 8.42 Å².